The van der Waals surface area contributed by atoms with Crippen LogP contribution in [0.2, 0.25) is 0 Å². The van der Waals surface area contributed by atoms with Crippen molar-refractivity contribution in [3.05, 3.63) is 65.4 Å². The third kappa shape index (κ3) is 4.61. The minimum atomic E-state index is -1.06. The minimum Gasteiger partial charge on any atom is -0.384 e. The molecule has 0 unspecified atom stereocenters. The zero-order chi connectivity index (χ0) is 26.6. The molecule has 4 aromatic rings. The van der Waals surface area contributed by atoms with Crippen molar-refractivity contribution in [1.29, 1.82) is 0 Å². The lowest BCUT2D eigenvalue weighted by molar-refractivity contribution is 0.0738. The summed E-state index contributed by atoms with van der Waals surface area (Å²) in [5.41, 5.74) is 3.23. The molecule has 1 saturated heterocycles. The molecule has 4 heterocycles. The summed E-state index contributed by atoms with van der Waals surface area (Å²) in [6.07, 6.45) is 4.05. The number of aliphatic hydroxyl groups is 1. The first-order valence-electron chi connectivity index (χ1n) is 13.3. The number of aromatic nitrogens is 4. The molecule has 0 radical (unpaired) electrons. The second kappa shape index (κ2) is 9.32. The predicted octanol–water partition coefficient (Wildman–Crippen LogP) is 4.86. The fraction of sp³-hybridized carbons (Fsp3) is 0.414. The molecule has 6 rings (SSSR count). The number of rotatable bonds is 6. The fourth-order valence-corrected chi connectivity index (χ4v) is 5.10. The molecule has 2 N–H and O–H groups in total. The molecule has 9 heteroatoms. The first-order chi connectivity index (χ1) is 18.2. The Balaban J connectivity index is 1.36. The average molecular weight is 516 g/mol. The molecule has 1 saturated carbocycles. The quantitative estimate of drug-likeness (QED) is 0.379. The van der Waals surface area contributed by atoms with Crippen LogP contribution in [0.4, 0.5) is 21.7 Å². The van der Waals surface area contributed by atoms with Gasteiger partial charge in [0, 0.05) is 54.7 Å². The van der Waals surface area contributed by atoms with Crippen LogP contribution >= 0.6 is 0 Å². The van der Waals surface area contributed by atoms with Crippen molar-refractivity contribution in [3.8, 4) is 5.82 Å². The van der Waals surface area contributed by atoms with Crippen LogP contribution in [0.25, 0.3) is 16.9 Å². The number of nitrogens with one attached hydrogen (secondary N) is 1. The third-order valence-electron chi connectivity index (χ3n) is 7.61. The van der Waals surface area contributed by atoms with Gasteiger partial charge in [-0.05, 0) is 76.9 Å². The van der Waals surface area contributed by atoms with E-state index in [0.717, 1.165) is 55.7 Å². The van der Waals surface area contributed by atoms with Crippen molar-refractivity contribution >= 4 is 28.4 Å². The maximum absolute atomic E-state index is 15.4. The monoisotopic (exact) mass is 515 g/mol. The number of halogens is 1. The van der Waals surface area contributed by atoms with Gasteiger partial charge in [-0.15, -0.1) is 0 Å². The van der Waals surface area contributed by atoms with E-state index in [1.165, 1.54) is 0 Å². The summed E-state index contributed by atoms with van der Waals surface area (Å²) in [4.78, 5) is 18.5. The molecular formula is C29H34FN7O. The Morgan fingerprint density at radius 2 is 1.82 bits per heavy atom. The number of hydrogen-bond acceptors (Lipinski definition) is 7. The second-order valence-corrected chi connectivity index (χ2v) is 11.1. The zero-order valence-corrected chi connectivity index (χ0v) is 22.4. The van der Waals surface area contributed by atoms with Gasteiger partial charge in [-0.25, -0.2) is 14.4 Å². The zero-order valence-electron chi connectivity index (χ0n) is 22.4. The molecule has 1 aliphatic heterocycles. The summed E-state index contributed by atoms with van der Waals surface area (Å²) in [6.45, 7) is 8.70. The average Bonchev–Trinajstić information content (AvgIpc) is 3.67. The second-order valence-electron chi connectivity index (χ2n) is 11.1. The number of piperazine rings is 1. The van der Waals surface area contributed by atoms with Crippen LogP contribution in [0.3, 0.4) is 0 Å². The lowest BCUT2D eigenvalue weighted by atomic mass is 10.1. The van der Waals surface area contributed by atoms with Gasteiger partial charge in [0.05, 0.1) is 11.4 Å². The van der Waals surface area contributed by atoms with E-state index >= 15 is 4.39 Å². The Hall–Kier alpha value is -3.56. The summed E-state index contributed by atoms with van der Waals surface area (Å²) >= 11 is 0. The number of likely N-dealkylation sites (N-methyl/N-ethyl adjacent to an activating group) is 1. The molecule has 198 valence electrons. The van der Waals surface area contributed by atoms with E-state index in [4.69, 9.17) is 9.97 Å². The highest BCUT2D eigenvalue weighted by molar-refractivity contribution is 5.80. The lowest BCUT2D eigenvalue weighted by Crippen LogP contribution is -2.44. The van der Waals surface area contributed by atoms with Gasteiger partial charge < -0.3 is 20.2 Å². The van der Waals surface area contributed by atoms with Crippen LogP contribution in [-0.2, 0) is 5.60 Å². The fourth-order valence-electron chi connectivity index (χ4n) is 5.10. The number of hydrogen-bond donors (Lipinski definition) is 2. The van der Waals surface area contributed by atoms with Crippen molar-refractivity contribution in [2.45, 2.75) is 45.1 Å². The molecule has 0 spiro atoms. The molecule has 2 aliphatic rings. The smallest absolute Gasteiger partial charge is 0.229 e. The topological polar surface area (TPSA) is 82.3 Å². The van der Waals surface area contributed by atoms with Gasteiger partial charge in [0.1, 0.15) is 11.4 Å². The number of nitrogens with zero attached hydrogens (tertiary/aromatic N) is 6. The van der Waals surface area contributed by atoms with Crippen molar-refractivity contribution in [2.24, 2.45) is 0 Å². The van der Waals surface area contributed by atoms with E-state index in [1.807, 2.05) is 30.3 Å². The number of fused-ring (bicyclic) bond motifs is 1. The summed E-state index contributed by atoms with van der Waals surface area (Å²) in [5, 5.41) is 14.7. The predicted molar refractivity (Wildman–Crippen MR) is 148 cm³/mol. The van der Waals surface area contributed by atoms with E-state index in [-0.39, 0.29) is 5.82 Å². The normalized spacial score (nSPS) is 16.8. The third-order valence-corrected chi connectivity index (χ3v) is 7.61. The molecule has 2 fully saturated rings. The van der Waals surface area contributed by atoms with Crippen LogP contribution in [0, 0.1) is 12.7 Å². The molecule has 0 atom stereocenters. The SMILES string of the molecule is Cc1c(Nc2ncc3cc(C4CC4)n(-c4cccc(C(C)(C)O)n4)c3n2)ccc(N2CCN(C)CC2)c1F. The van der Waals surface area contributed by atoms with Gasteiger partial charge >= 0.3 is 0 Å². The van der Waals surface area contributed by atoms with Crippen LogP contribution in [0.1, 0.15) is 49.6 Å². The van der Waals surface area contributed by atoms with Gasteiger partial charge in [0.2, 0.25) is 5.95 Å². The van der Waals surface area contributed by atoms with Crippen LogP contribution in [-0.4, -0.2) is 62.8 Å². The lowest BCUT2D eigenvalue weighted by Gasteiger charge is -2.34. The standard InChI is InChI=1S/C29H34FN7O/c1-18-21(10-11-22(26(18)30)36-14-12-35(4)13-15-36)32-28-31-17-20-16-23(19-8-9-19)37(27(20)34-28)25-7-5-6-24(33-25)29(2,3)38/h5-7,10-11,16-17,19,38H,8-9,12-15H2,1-4H3,(H,31,32,34). The van der Waals surface area contributed by atoms with E-state index in [1.54, 1.807) is 27.0 Å². The van der Waals surface area contributed by atoms with Crippen LogP contribution in [0.15, 0.2) is 42.6 Å². The summed E-state index contributed by atoms with van der Waals surface area (Å²) in [5.74, 6) is 1.34. The Kier molecular flexibility index (Phi) is 6.07. The number of pyridine rings is 1. The molecule has 0 bridgehead atoms. The van der Waals surface area contributed by atoms with Gasteiger partial charge in [-0.1, -0.05) is 6.07 Å². The first-order valence-corrected chi connectivity index (χ1v) is 13.3. The maximum Gasteiger partial charge on any atom is 0.229 e. The van der Waals surface area contributed by atoms with E-state index < -0.39 is 5.60 Å². The molecule has 0 amide bonds. The molecular weight excluding hydrogens is 481 g/mol. The first kappa shape index (κ1) is 24.8. The van der Waals surface area contributed by atoms with Gasteiger partial charge in [0.15, 0.2) is 11.5 Å². The molecule has 8 nitrogen and oxygen atoms in total. The Bertz CT molecular complexity index is 1500. The van der Waals surface area contributed by atoms with Crippen molar-refractivity contribution < 1.29 is 9.50 Å². The molecule has 1 aliphatic carbocycles. The largest absolute Gasteiger partial charge is 0.384 e. The molecule has 1 aromatic carbocycles. The highest BCUT2D eigenvalue weighted by atomic mass is 19.1. The van der Waals surface area contributed by atoms with E-state index in [0.29, 0.717) is 40.3 Å². The van der Waals surface area contributed by atoms with Crippen LogP contribution in [0.5, 0.6) is 0 Å². The maximum atomic E-state index is 15.4. The summed E-state index contributed by atoms with van der Waals surface area (Å²) in [7, 11) is 2.09. The highest BCUT2D eigenvalue weighted by Gasteiger charge is 2.30. The van der Waals surface area contributed by atoms with Gasteiger partial charge in [0.25, 0.3) is 0 Å². The van der Waals surface area contributed by atoms with E-state index in [9.17, 15) is 5.11 Å². The van der Waals surface area contributed by atoms with Crippen LogP contribution < -0.4 is 10.2 Å². The van der Waals surface area contributed by atoms with Gasteiger partial charge in [-0.3, -0.25) is 4.57 Å². The van der Waals surface area contributed by atoms with E-state index in [2.05, 4.69) is 37.8 Å². The Morgan fingerprint density at radius 3 is 2.53 bits per heavy atom. The summed E-state index contributed by atoms with van der Waals surface area (Å²) < 4.78 is 17.5. The molecule has 3 aromatic heterocycles. The minimum absolute atomic E-state index is 0.215. The highest BCUT2D eigenvalue weighted by Crippen LogP contribution is 2.43. The number of anilines is 3. The van der Waals surface area contributed by atoms with Gasteiger partial charge in [-0.2, -0.15) is 4.98 Å². The number of benzene rings is 1. The Morgan fingerprint density at radius 1 is 1.05 bits per heavy atom. The Labute approximate surface area is 222 Å². The van der Waals surface area contributed by atoms with Crippen molar-refractivity contribution in [1.82, 2.24) is 24.4 Å². The summed E-state index contributed by atoms with van der Waals surface area (Å²) in [6, 6.07) is 11.6. The molecule has 38 heavy (non-hydrogen) atoms. The van der Waals surface area contributed by atoms with Crippen molar-refractivity contribution in [3.63, 3.8) is 0 Å². The van der Waals surface area contributed by atoms with Crippen molar-refractivity contribution in [2.75, 3.05) is 43.4 Å².